The summed E-state index contributed by atoms with van der Waals surface area (Å²) in [6.45, 7) is 3.19. The molecule has 5 aliphatic heterocycles. The highest BCUT2D eigenvalue weighted by atomic mass is 32.2. The highest BCUT2D eigenvalue weighted by Crippen LogP contribution is 2.53. The van der Waals surface area contributed by atoms with Crippen LogP contribution in [0.2, 0.25) is 0 Å². The minimum absolute atomic E-state index is 0.00207. The van der Waals surface area contributed by atoms with Crippen molar-refractivity contribution in [3.8, 4) is 17.2 Å². The van der Waals surface area contributed by atoms with Gasteiger partial charge in [-0.05, 0) is 19.2 Å². The van der Waals surface area contributed by atoms with Gasteiger partial charge in [-0.15, -0.1) is 11.8 Å². The van der Waals surface area contributed by atoms with Crippen molar-refractivity contribution in [3.05, 3.63) is 51.6 Å². The number of fused-ring (bicyclic) bond motifs is 6. The number of methoxy groups -OCH3 is 2. The predicted molar refractivity (Wildman–Crippen MR) is 244 cm³/mol. The van der Waals surface area contributed by atoms with Gasteiger partial charge in [-0.25, -0.2) is 0 Å². The summed E-state index contributed by atoms with van der Waals surface area (Å²) in [6, 6.07) is 4.14. The Hall–Kier alpha value is -4.53. The predicted octanol–water partition coefficient (Wildman–Crippen LogP) is 1.10. The van der Waals surface area contributed by atoms with E-state index in [-0.39, 0.29) is 110 Å². The number of imide groups is 2. The second kappa shape index (κ2) is 20.5. The maximum absolute atomic E-state index is 14.3. The van der Waals surface area contributed by atoms with Crippen LogP contribution in [0.3, 0.4) is 0 Å². The number of carbonyl (C=O) groups excluding carboxylic acids is 7. The van der Waals surface area contributed by atoms with Gasteiger partial charge in [0.25, 0.3) is 0 Å². The van der Waals surface area contributed by atoms with Crippen LogP contribution in [0.5, 0.6) is 17.2 Å². The number of benzene rings is 2. The number of aliphatic hydroxyl groups is 1. The van der Waals surface area contributed by atoms with Crippen molar-refractivity contribution in [1.82, 2.24) is 14.7 Å². The topological polar surface area (TPSA) is 264 Å². The van der Waals surface area contributed by atoms with E-state index in [1.165, 1.54) is 49.1 Å². The summed E-state index contributed by atoms with van der Waals surface area (Å²) in [6.07, 6.45) is -3.67. The Morgan fingerprint density at radius 1 is 0.871 bits per heavy atom. The van der Waals surface area contributed by atoms with Crippen LogP contribution in [-0.2, 0) is 63.6 Å². The van der Waals surface area contributed by atoms with Crippen LogP contribution < -0.4 is 4.74 Å². The molecule has 2 aromatic carbocycles. The van der Waals surface area contributed by atoms with Gasteiger partial charge in [-0.1, -0.05) is 12.1 Å². The molecule has 7 aliphatic rings. The molecule has 2 unspecified atom stereocenters. The fourth-order valence-electron chi connectivity index (χ4n) is 10.6. The molecular weight excluding hydrogens is 959 g/mol. The average molecular weight is 1010 g/mol. The van der Waals surface area contributed by atoms with Crippen molar-refractivity contribution in [2.24, 2.45) is 0 Å². The standard InChI is InChI=1S/C47H55N3O18S2/c1-22-42-25(48-10-13-65-46(62-3)45(48)68-42)16-33(66-22)67-27-20-47(60,19-24-35(27)41(57)37-36(39(24)55)38(54)23-6-5-7-26(61-2)34(23)40(37)56)30(51)21-70-29-18-32(53)50(44(29)59)9-12-64-15-14-63-11-8-49-31(52)17-28(69-4)43(49)58/h5-7,22,25,27-29,33,42,45-46,55,57,60H,8-21H2,1-4H3/t22-,25-,27-,28?,29?,33-,42+,45+,46-,47-/m0/s1. The average Bonchev–Trinajstić information content (AvgIpc) is 3.96. The number of amides is 4. The molecule has 3 N–H and O–H groups in total. The third-order valence-corrected chi connectivity index (χ3v) is 16.2. The summed E-state index contributed by atoms with van der Waals surface area (Å²) in [4.78, 5) is 97.9. The fourth-order valence-corrected chi connectivity index (χ4v) is 12.4. The first kappa shape index (κ1) is 50.4. The Labute approximate surface area is 410 Å². The Morgan fingerprint density at radius 3 is 2.20 bits per heavy atom. The maximum atomic E-state index is 14.3. The van der Waals surface area contributed by atoms with E-state index in [4.69, 9.17) is 37.9 Å². The number of Topliss-reactive ketones (excluding diaryl/α,β-unsaturated/α-hetero) is 1. The van der Waals surface area contributed by atoms with E-state index in [1.807, 2.05) is 6.92 Å². The molecule has 378 valence electrons. The fraction of sp³-hybridized carbons (Fsp3) is 0.596. The lowest BCUT2D eigenvalue weighted by molar-refractivity contribution is -0.256. The highest BCUT2D eigenvalue weighted by molar-refractivity contribution is 8.01. The van der Waals surface area contributed by atoms with Gasteiger partial charge >= 0.3 is 0 Å². The Morgan fingerprint density at radius 2 is 1.54 bits per heavy atom. The van der Waals surface area contributed by atoms with Crippen LogP contribution in [-0.4, -0.2) is 203 Å². The number of hydrogen-bond acceptors (Lipinski definition) is 21. The first-order chi connectivity index (χ1) is 33.6. The van der Waals surface area contributed by atoms with Crippen molar-refractivity contribution in [3.63, 3.8) is 0 Å². The number of aromatic hydroxyl groups is 2. The van der Waals surface area contributed by atoms with Crippen molar-refractivity contribution in [1.29, 1.82) is 0 Å². The monoisotopic (exact) mass is 1010 g/mol. The first-order valence-corrected chi connectivity index (χ1v) is 25.4. The van der Waals surface area contributed by atoms with Crippen molar-refractivity contribution >= 4 is 64.5 Å². The Kier molecular flexibility index (Phi) is 14.8. The van der Waals surface area contributed by atoms with Crippen molar-refractivity contribution < 1.29 is 86.8 Å². The number of phenols is 2. The van der Waals surface area contributed by atoms with Crippen LogP contribution in [0.4, 0.5) is 0 Å². The quantitative estimate of drug-likeness (QED) is 0.0915. The van der Waals surface area contributed by atoms with Crippen molar-refractivity contribution in [2.75, 3.05) is 78.9 Å². The Balaban J connectivity index is 0.884. The summed E-state index contributed by atoms with van der Waals surface area (Å²) in [5.74, 6) is -5.60. The SMILES string of the molecule is COc1cccc2c1C(=O)c1c(O)c3c(c(O)c1C2=O)C[C@@](O)(C(=O)CSC1CC(=O)N(CCOCCOCCN2C(=O)CC(SC)C2=O)C1=O)C[C@@H]3O[C@H]1C[C@H]2[C@H](O[C@@H]3[C@@H](OC)OCCN32)[C@H](C)O1. The normalized spacial score (nSPS) is 30.7. The van der Waals surface area contributed by atoms with Gasteiger partial charge in [0.15, 0.2) is 30.4 Å². The lowest BCUT2D eigenvalue weighted by Crippen LogP contribution is -2.55. The number of rotatable bonds is 18. The van der Waals surface area contributed by atoms with Gasteiger partial charge in [-0.2, -0.15) is 11.8 Å². The molecule has 0 saturated carbocycles. The van der Waals surface area contributed by atoms with Gasteiger partial charge in [0.05, 0.1) is 98.4 Å². The molecule has 10 atom stereocenters. The van der Waals surface area contributed by atoms with Crippen LogP contribution in [0.1, 0.15) is 81.7 Å². The largest absolute Gasteiger partial charge is 0.507 e. The molecule has 0 bridgehead atoms. The molecule has 23 heteroatoms. The molecule has 5 fully saturated rings. The third-order valence-electron chi connectivity index (χ3n) is 14.1. The lowest BCUT2D eigenvalue weighted by Gasteiger charge is -2.43. The summed E-state index contributed by atoms with van der Waals surface area (Å²) in [5, 5.41) is 35.2. The number of ether oxygens (including phenoxy) is 8. The number of ketones is 3. The zero-order valence-electron chi connectivity index (χ0n) is 39.0. The zero-order chi connectivity index (χ0) is 49.8. The summed E-state index contributed by atoms with van der Waals surface area (Å²) < 4.78 is 47.1. The van der Waals surface area contributed by atoms with E-state index in [2.05, 4.69) is 4.90 Å². The second-order valence-corrected chi connectivity index (χ2v) is 20.3. The van der Waals surface area contributed by atoms with Crippen LogP contribution >= 0.6 is 23.5 Å². The molecule has 0 radical (unpaired) electrons. The maximum Gasteiger partial charge on any atom is 0.242 e. The lowest BCUT2D eigenvalue weighted by atomic mass is 9.72. The number of phenolic OH excluding ortho intramolecular Hbond substituents is 2. The second-order valence-electron chi connectivity index (χ2n) is 18.0. The van der Waals surface area contributed by atoms with Gasteiger partial charge in [0.1, 0.15) is 29.0 Å². The van der Waals surface area contributed by atoms with Gasteiger partial charge < -0.3 is 53.2 Å². The molecular formula is C47H55N3O18S2. The molecule has 9 rings (SSSR count). The minimum atomic E-state index is -2.32. The van der Waals surface area contributed by atoms with E-state index >= 15 is 0 Å². The molecule has 4 amide bonds. The molecule has 0 aromatic heterocycles. The van der Waals surface area contributed by atoms with E-state index in [0.29, 0.717) is 13.2 Å². The zero-order valence-corrected chi connectivity index (χ0v) is 40.6. The van der Waals surface area contributed by atoms with Crippen LogP contribution in [0, 0.1) is 0 Å². The molecule has 2 aliphatic carbocycles. The van der Waals surface area contributed by atoms with Crippen molar-refractivity contribution in [2.45, 2.75) is 98.3 Å². The minimum Gasteiger partial charge on any atom is -0.507 e. The molecule has 5 saturated heterocycles. The van der Waals surface area contributed by atoms with E-state index < -0.39 is 118 Å². The summed E-state index contributed by atoms with van der Waals surface area (Å²) >= 11 is 2.20. The molecule has 5 heterocycles. The smallest absolute Gasteiger partial charge is 0.242 e. The number of morpholine rings is 1. The number of thioether (sulfide) groups is 2. The third kappa shape index (κ3) is 9.05. The van der Waals surface area contributed by atoms with Gasteiger partial charge in [-0.3, -0.25) is 48.3 Å². The summed E-state index contributed by atoms with van der Waals surface area (Å²) in [5.41, 5.74) is -3.78. The van der Waals surface area contributed by atoms with E-state index in [9.17, 15) is 48.9 Å². The number of likely N-dealkylation sites (tertiary alicyclic amines) is 2. The molecule has 0 spiro atoms. The molecule has 2 aromatic rings. The van der Waals surface area contributed by atoms with Gasteiger partial charge in [0, 0.05) is 68.5 Å². The molecule has 21 nitrogen and oxygen atoms in total. The number of nitrogens with zero attached hydrogens (tertiary/aromatic N) is 3. The number of hydrogen-bond donors (Lipinski definition) is 3. The summed E-state index contributed by atoms with van der Waals surface area (Å²) in [7, 11) is 2.85. The highest BCUT2D eigenvalue weighted by Gasteiger charge is 2.55. The Bertz CT molecular complexity index is 2470. The van der Waals surface area contributed by atoms with Crippen LogP contribution in [0.25, 0.3) is 0 Å². The van der Waals surface area contributed by atoms with E-state index in [0.717, 1.165) is 16.7 Å². The first-order valence-electron chi connectivity index (χ1n) is 23.1. The van der Waals surface area contributed by atoms with E-state index in [1.54, 1.807) is 6.26 Å². The number of carbonyl (C=O) groups is 7. The van der Waals surface area contributed by atoms with Gasteiger partial charge in [0.2, 0.25) is 29.4 Å². The molecule has 70 heavy (non-hydrogen) atoms. The van der Waals surface area contributed by atoms with Crippen LogP contribution in [0.15, 0.2) is 18.2 Å².